The third-order valence-electron chi connectivity index (χ3n) is 2.79. The van der Waals surface area contributed by atoms with Crippen molar-refractivity contribution in [3.05, 3.63) is 42.5 Å². The minimum absolute atomic E-state index is 0.367. The number of aliphatic hydroxyl groups excluding tert-OH is 1. The van der Waals surface area contributed by atoms with E-state index in [1.807, 2.05) is 30.3 Å². The number of rotatable bonds is 5. The molecule has 90 valence electrons. The second kappa shape index (κ2) is 5.69. The van der Waals surface area contributed by atoms with Crippen LogP contribution in [0.2, 0.25) is 0 Å². The SMILES string of the molecule is CCCC(O)COc1ccc2ccccc2c1. The molecule has 0 fully saturated rings. The molecule has 2 rings (SSSR count). The topological polar surface area (TPSA) is 29.5 Å². The first kappa shape index (κ1) is 11.9. The highest BCUT2D eigenvalue weighted by Gasteiger charge is 2.04. The summed E-state index contributed by atoms with van der Waals surface area (Å²) in [4.78, 5) is 0. The monoisotopic (exact) mass is 230 g/mol. The highest BCUT2D eigenvalue weighted by Crippen LogP contribution is 2.20. The van der Waals surface area contributed by atoms with E-state index < -0.39 is 0 Å². The van der Waals surface area contributed by atoms with E-state index in [4.69, 9.17) is 4.74 Å². The molecule has 0 spiro atoms. The van der Waals surface area contributed by atoms with E-state index in [2.05, 4.69) is 19.1 Å². The Bertz CT molecular complexity index is 479. The summed E-state index contributed by atoms with van der Waals surface area (Å²) in [5, 5.41) is 12.0. The van der Waals surface area contributed by atoms with Gasteiger partial charge in [-0.05, 0) is 29.3 Å². The minimum Gasteiger partial charge on any atom is -0.491 e. The normalized spacial score (nSPS) is 12.6. The first-order valence-corrected chi connectivity index (χ1v) is 6.09. The van der Waals surface area contributed by atoms with E-state index >= 15 is 0 Å². The van der Waals surface area contributed by atoms with Gasteiger partial charge in [0, 0.05) is 0 Å². The van der Waals surface area contributed by atoms with Crippen molar-refractivity contribution in [2.24, 2.45) is 0 Å². The quantitative estimate of drug-likeness (QED) is 0.853. The molecule has 0 aliphatic carbocycles. The van der Waals surface area contributed by atoms with Crippen molar-refractivity contribution in [3.63, 3.8) is 0 Å². The Kier molecular flexibility index (Phi) is 3.99. The van der Waals surface area contributed by atoms with E-state index in [1.165, 1.54) is 5.39 Å². The molecule has 0 heterocycles. The molecule has 1 atom stereocenters. The summed E-state index contributed by atoms with van der Waals surface area (Å²) >= 11 is 0. The Morgan fingerprint density at radius 3 is 2.65 bits per heavy atom. The van der Waals surface area contributed by atoms with Crippen molar-refractivity contribution < 1.29 is 9.84 Å². The summed E-state index contributed by atoms with van der Waals surface area (Å²) in [7, 11) is 0. The smallest absolute Gasteiger partial charge is 0.120 e. The Morgan fingerprint density at radius 2 is 1.88 bits per heavy atom. The predicted octanol–water partition coefficient (Wildman–Crippen LogP) is 3.38. The zero-order valence-electron chi connectivity index (χ0n) is 10.1. The highest BCUT2D eigenvalue weighted by atomic mass is 16.5. The van der Waals surface area contributed by atoms with E-state index in [9.17, 15) is 5.11 Å². The lowest BCUT2D eigenvalue weighted by atomic mass is 10.1. The van der Waals surface area contributed by atoms with Gasteiger partial charge in [0.15, 0.2) is 0 Å². The number of fused-ring (bicyclic) bond motifs is 1. The molecule has 1 unspecified atom stereocenters. The van der Waals surface area contributed by atoms with Crippen LogP contribution in [0.25, 0.3) is 10.8 Å². The summed E-state index contributed by atoms with van der Waals surface area (Å²) < 4.78 is 5.58. The molecule has 0 aromatic heterocycles. The van der Waals surface area contributed by atoms with Crippen molar-refractivity contribution in [1.29, 1.82) is 0 Å². The third kappa shape index (κ3) is 3.21. The zero-order valence-corrected chi connectivity index (χ0v) is 10.1. The molecule has 2 nitrogen and oxygen atoms in total. The predicted molar refractivity (Wildman–Crippen MR) is 70.4 cm³/mol. The molecule has 0 radical (unpaired) electrons. The average Bonchev–Trinajstić information content (AvgIpc) is 2.36. The van der Waals surface area contributed by atoms with Crippen LogP contribution in [0.1, 0.15) is 19.8 Å². The van der Waals surface area contributed by atoms with Gasteiger partial charge >= 0.3 is 0 Å². The van der Waals surface area contributed by atoms with Gasteiger partial charge in [0.25, 0.3) is 0 Å². The van der Waals surface area contributed by atoms with Gasteiger partial charge in [-0.3, -0.25) is 0 Å². The first-order chi connectivity index (χ1) is 8.29. The lowest BCUT2D eigenvalue weighted by Crippen LogP contribution is -2.16. The van der Waals surface area contributed by atoms with E-state index in [1.54, 1.807) is 0 Å². The van der Waals surface area contributed by atoms with Gasteiger partial charge in [-0.25, -0.2) is 0 Å². The summed E-state index contributed by atoms with van der Waals surface area (Å²) in [6, 6.07) is 14.2. The van der Waals surface area contributed by atoms with Crippen molar-refractivity contribution in [3.8, 4) is 5.75 Å². The van der Waals surface area contributed by atoms with Crippen LogP contribution in [0.4, 0.5) is 0 Å². The number of hydrogen-bond acceptors (Lipinski definition) is 2. The van der Waals surface area contributed by atoms with Gasteiger partial charge in [0.2, 0.25) is 0 Å². The average molecular weight is 230 g/mol. The van der Waals surface area contributed by atoms with Crippen LogP contribution in [-0.2, 0) is 0 Å². The summed E-state index contributed by atoms with van der Waals surface area (Å²) in [5.74, 6) is 0.818. The maximum Gasteiger partial charge on any atom is 0.120 e. The second-order valence-electron chi connectivity index (χ2n) is 4.26. The van der Waals surface area contributed by atoms with Crippen LogP contribution in [-0.4, -0.2) is 17.8 Å². The van der Waals surface area contributed by atoms with Crippen LogP contribution >= 0.6 is 0 Å². The van der Waals surface area contributed by atoms with Crippen LogP contribution in [0.3, 0.4) is 0 Å². The van der Waals surface area contributed by atoms with E-state index in [0.717, 1.165) is 24.0 Å². The summed E-state index contributed by atoms with van der Waals surface area (Å²) in [6.45, 7) is 2.42. The minimum atomic E-state index is -0.369. The Hall–Kier alpha value is -1.54. The highest BCUT2D eigenvalue weighted by molar-refractivity contribution is 5.83. The molecule has 2 heteroatoms. The second-order valence-corrected chi connectivity index (χ2v) is 4.26. The Labute approximate surface area is 102 Å². The van der Waals surface area contributed by atoms with Crippen molar-refractivity contribution in [2.45, 2.75) is 25.9 Å². The third-order valence-corrected chi connectivity index (χ3v) is 2.79. The lowest BCUT2D eigenvalue weighted by molar-refractivity contribution is 0.0994. The molecule has 0 bridgehead atoms. The van der Waals surface area contributed by atoms with Gasteiger partial charge in [-0.15, -0.1) is 0 Å². The Morgan fingerprint density at radius 1 is 1.12 bits per heavy atom. The van der Waals surface area contributed by atoms with E-state index in [0.29, 0.717) is 6.61 Å². The molecule has 1 N–H and O–H groups in total. The first-order valence-electron chi connectivity index (χ1n) is 6.09. The fourth-order valence-electron chi connectivity index (χ4n) is 1.87. The fourth-order valence-corrected chi connectivity index (χ4v) is 1.87. The fraction of sp³-hybridized carbons (Fsp3) is 0.333. The van der Waals surface area contributed by atoms with Crippen LogP contribution in [0, 0.1) is 0 Å². The van der Waals surface area contributed by atoms with Crippen molar-refractivity contribution in [2.75, 3.05) is 6.61 Å². The molecule has 0 aliphatic rings. The number of benzene rings is 2. The molecule has 2 aromatic rings. The number of hydrogen-bond donors (Lipinski definition) is 1. The standard InChI is InChI=1S/C15H18O2/c1-2-5-14(16)11-17-15-9-8-12-6-3-4-7-13(12)10-15/h3-4,6-10,14,16H,2,5,11H2,1H3. The maximum atomic E-state index is 9.60. The largest absolute Gasteiger partial charge is 0.491 e. The van der Waals surface area contributed by atoms with Gasteiger partial charge in [0.05, 0.1) is 6.10 Å². The van der Waals surface area contributed by atoms with E-state index in [-0.39, 0.29) is 6.10 Å². The van der Waals surface area contributed by atoms with Gasteiger partial charge < -0.3 is 9.84 Å². The number of aliphatic hydroxyl groups is 1. The van der Waals surface area contributed by atoms with Crippen LogP contribution < -0.4 is 4.74 Å². The van der Waals surface area contributed by atoms with Gasteiger partial charge in [-0.1, -0.05) is 43.7 Å². The van der Waals surface area contributed by atoms with Gasteiger partial charge in [-0.2, -0.15) is 0 Å². The molecule has 0 saturated carbocycles. The molecule has 0 saturated heterocycles. The number of ether oxygens (including phenoxy) is 1. The molecular formula is C15H18O2. The lowest BCUT2D eigenvalue weighted by Gasteiger charge is -2.11. The molecular weight excluding hydrogens is 212 g/mol. The molecule has 0 aliphatic heterocycles. The Balaban J connectivity index is 2.04. The van der Waals surface area contributed by atoms with Gasteiger partial charge in [0.1, 0.15) is 12.4 Å². The molecule has 17 heavy (non-hydrogen) atoms. The van der Waals surface area contributed by atoms with Crippen molar-refractivity contribution in [1.82, 2.24) is 0 Å². The molecule has 0 amide bonds. The molecule has 2 aromatic carbocycles. The summed E-state index contributed by atoms with van der Waals surface area (Å²) in [5.41, 5.74) is 0. The van der Waals surface area contributed by atoms with Crippen molar-refractivity contribution >= 4 is 10.8 Å². The summed E-state index contributed by atoms with van der Waals surface area (Å²) in [6.07, 6.45) is 1.39. The van der Waals surface area contributed by atoms with Crippen LogP contribution in [0.5, 0.6) is 5.75 Å². The maximum absolute atomic E-state index is 9.60. The van der Waals surface area contributed by atoms with Crippen LogP contribution in [0.15, 0.2) is 42.5 Å². The zero-order chi connectivity index (χ0) is 12.1.